The van der Waals surface area contributed by atoms with Gasteiger partial charge in [-0.05, 0) is 42.7 Å². The van der Waals surface area contributed by atoms with Crippen molar-refractivity contribution in [2.75, 3.05) is 19.1 Å². The summed E-state index contributed by atoms with van der Waals surface area (Å²) in [5, 5.41) is 21.7. The summed E-state index contributed by atoms with van der Waals surface area (Å²) < 4.78 is 10.3. The van der Waals surface area contributed by atoms with Gasteiger partial charge in [0.05, 0.1) is 25.2 Å². The molecule has 0 saturated heterocycles. The fraction of sp³-hybridized carbons (Fsp3) is 0.304. The van der Waals surface area contributed by atoms with Crippen molar-refractivity contribution in [3.63, 3.8) is 0 Å². The van der Waals surface area contributed by atoms with Gasteiger partial charge in [-0.2, -0.15) is 0 Å². The van der Waals surface area contributed by atoms with E-state index in [-0.39, 0.29) is 41.0 Å². The number of phenolic OH excluding ortho intramolecular Hbond substituents is 1. The molecule has 0 spiro atoms. The molecule has 4 rings (SSSR count). The van der Waals surface area contributed by atoms with Gasteiger partial charge in [-0.25, -0.2) is 0 Å². The number of phenols is 1. The Hall–Kier alpha value is -3.88. The van der Waals surface area contributed by atoms with Gasteiger partial charge in [0.15, 0.2) is 17.3 Å². The smallest absolute Gasteiger partial charge is 0.297 e. The van der Waals surface area contributed by atoms with Crippen LogP contribution in [0.15, 0.2) is 47.7 Å². The number of nitro benzene ring substituents is 1. The number of hydrogen-bond acceptors (Lipinski definition) is 7. The standard InChI is InChI=1S/C23H22N2O7/c1-31-14-7-8-16(18(11-14)25(29)30)24-17-4-3-5-20(27)23(17)15(12-22(24)28)13-6-9-19(26)21(10-13)32-2/h6-11,15,26H,3-5,12H2,1-2H3. The van der Waals surface area contributed by atoms with Crippen molar-refractivity contribution in [2.24, 2.45) is 0 Å². The highest BCUT2D eigenvalue weighted by Gasteiger charge is 2.41. The van der Waals surface area contributed by atoms with Gasteiger partial charge in [-0.15, -0.1) is 0 Å². The lowest BCUT2D eigenvalue weighted by molar-refractivity contribution is -0.384. The van der Waals surface area contributed by atoms with Crippen LogP contribution in [-0.4, -0.2) is 35.9 Å². The van der Waals surface area contributed by atoms with E-state index in [0.717, 1.165) is 0 Å². The second-order valence-corrected chi connectivity index (χ2v) is 7.67. The molecule has 0 radical (unpaired) electrons. The fourth-order valence-electron chi connectivity index (χ4n) is 4.43. The summed E-state index contributed by atoms with van der Waals surface area (Å²) in [6.45, 7) is 0. The van der Waals surface area contributed by atoms with Crippen molar-refractivity contribution >= 4 is 23.1 Å². The molecule has 0 saturated carbocycles. The third kappa shape index (κ3) is 3.55. The highest BCUT2D eigenvalue weighted by atomic mass is 16.6. The predicted octanol–water partition coefficient (Wildman–Crippen LogP) is 3.85. The molecule has 2 aliphatic rings. The highest BCUT2D eigenvalue weighted by molar-refractivity contribution is 6.08. The van der Waals surface area contributed by atoms with Gasteiger partial charge in [0.25, 0.3) is 5.69 Å². The van der Waals surface area contributed by atoms with Crippen molar-refractivity contribution < 1.29 is 29.1 Å². The SMILES string of the molecule is COc1ccc(N2C(=O)CC(c3ccc(O)c(OC)c3)C3=C2CCCC3=O)c([N+](=O)[O-])c1. The average Bonchev–Trinajstić information content (AvgIpc) is 2.78. The Morgan fingerprint density at radius 2 is 1.88 bits per heavy atom. The molecule has 0 fully saturated rings. The molecule has 2 aromatic rings. The first-order valence-corrected chi connectivity index (χ1v) is 10.1. The normalized spacial score (nSPS) is 18.4. The average molecular weight is 438 g/mol. The number of hydrogen-bond donors (Lipinski definition) is 1. The third-order valence-corrected chi connectivity index (χ3v) is 5.90. The molecular weight excluding hydrogens is 416 g/mol. The molecule has 9 nitrogen and oxygen atoms in total. The number of anilines is 1. The second-order valence-electron chi connectivity index (χ2n) is 7.67. The first-order valence-electron chi connectivity index (χ1n) is 10.1. The van der Waals surface area contributed by atoms with Crippen molar-refractivity contribution in [3.8, 4) is 17.2 Å². The van der Waals surface area contributed by atoms with Gasteiger partial charge in [0, 0.05) is 30.0 Å². The first-order chi connectivity index (χ1) is 15.3. The topological polar surface area (TPSA) is 119 Å². The van der Waals surface area contributed by atoms with E-state index >= 15 is 0 Å². The number of benzene rings is 2. The van der Waals surface area contributed by atoms with Gasteiger partial charge < -0.3 is 14.6 Å². The van der Waals surface area contributed by atoms with Crippen LogP contribution in [0.1, 0.15) is 37.2 Å². The molecule has 2 aromatic carbocycles. The molecule has 0 bridgehead atoms. The van der Waals surface area contributed by atoms with E-state index in [9.17, 15) is 24.8 Å². The quantitative estimate of drug-likeness (QED) is 0.556. The molecule has 1 amide bonds. The Morgan fingerprint density at radius 1 is 1.09 bits per heavy atom. The molecule has 166 valence electrons. The first kappa shape index (κ1) is 21.4. The minimum Gasteiger partial charge on any atom is -0.504 e. The summed E-state index contributed by atoms with van der Waals surface area (Å²) >= 11 is 0. The number of carbonyl (C=O) groups excluding carboxylic acids is 2. The minimum absolute atomic E-state index is 0.0400. The summed E-state index contributed by atoms with van der Waals surface area (Å²) in [6.07, 6.45) is 1.30. The number of Topliss-reactive ketones (excluding diaryl/α,β-unsaturated/α-hetero) is 1. The second kappa shape index (κ2) is 8.33. The van der Waals surface area contributed by atoms with Crippen LogP contribution in [-0.2, 0) is 9.59 Å². The van der Waals surface area contributed by atoms with Crippen molar-refractivity contribution in [1.82, 2.24) is 0 Å². The number of nitro groups is 1. The number of aromatic hydroxyl groups is 1. The lowest BCUT2D eigenvalue weighted by Crippen LogP contribution is -2.40. The number of ketones is 1. The summed E-state index contributed by atoms with van der Waals surface area (Å²) in [5.41, 5.74) is 1.48. The zero-order valence-corrected chi connectivity index (χ0v) is 17.7. The van der Waals surface area contributed by atoms with Crippen LogP contribution in [0.3, 0.4) is 0 Å². The van der Waals surface area contributed by atoms with Gasteiger partial charge in [-0.1, -0.05) is 6.07 Å². The van der Waals surface area contributed by atoms with Gasteiger partial charge >= 0.3 is 0 Å². The van der Waals surface area contributed by atoms with E-state index in [4.69, 9.17) is 9.47 Å². The lowest BCUT2D eigenvalue weighted by atomic mass is 9.77. The number of nitrogens with zero attached hydrogens (tertiary/aromatic N) is 2. The van der Waals surface area contributed by atoms with Gasteiger partial charge in [0.1, 0.15) is 11.4 Å². The number of carbonyl (C=O) groups is 2. The Labute approximate surface area is 184 Å². The van der Waals surface area contributed by atoms with E-state index < -0.39 is 10.8 Å². The number of methoxy groups -OCH3 is 2. The number of amides is 1. The van der Waals surface area contributed by atoms with Crippen LogP contribution in [0.2, 0.25) is 0 Å². The van der Waals surface area contributed by atoms with Crippen molar-refractivity contribution in [2.45, 2.75) is 31.6 Å². The molecule has 32 heavy (non-hydrogen) atoms. The minimum atomic E-state index is -0.563. The van der Waals surface area contributed by atoms with Gasteiger partial charge in [-0.3, -0.25) is 24.6 Å². The van der Waals surface area contributed by atoms with Crippen molar-refractivity contribution in [1.29, 1.82) is 0 Å². The number of allylic oxidation sites excluding steroid dienone is 2. The fourth-order valence-corrected chi connectivity index (χ4v) is 4.43. The van der Waals surface area contributed by atoms with E-state index in [1.807, 2.05) is 0 Å². The maximum Gasteiger partial charge on any atom is 0.297 e. The molecule has 1 unspecified atom stereocenters. The zero-order valence-electron chi connectivity index (χ0n) is 17.7. The molecule has 9 heteroatoms. The van der Waals surface area contributed by atoms with Crippen LogP contribution in [0.25, 0.3) is 0 Å². The molecule has 1 heterocycles. The third-order valence-electron chi connectivity index (χ3n) is 5.90. The number of ether oxygens (including phenoxy) is 2. The Morgan fingerprint density at radius 3 is 2.56 bits per heavy atom. The summed E-state index contributed by atoms with van der Waals surface area (Å²) in [7, 11) is 2.83. The molecule has 1 aliphatic heterocycles. The number of rotatable bonds is 5. The summed E-state index contributed by atoms with van der Waals surface area (Å²) in [5.74, 6) is -0.450. The van der Waals surface area contributed by atoms with Gasteiger partial charge in [0.2, 0.25) is 5.91 Å². The highest BCUT2D eigenvalue weighted by Crippen LogP contribution is 2.46. The Balaban J connectivity index is 1.89. The van der Waals surface area contributed by atoms with Crippen LogP contribution >= 0.6 is 0 Å². The van der Waals surface area contributed by atoms with E-state index in [1.54, 1.807) is 18.2 Å². The maximum absolute atomic E-state index is 13.3. The predicted molar refractivity (Wildman–Crippen MR) is 115 cm³/mol. The molecule has 0 aromatic heterocycles. The van der Waals surface area contributed by atoms with Crippen LogP contribution in [0.5, 0.6) is 17.2 Å². The largest absolute Gasteiger partial charge is 0.504 e. The van der Waals surface area contributed by atoms with Crippen LogP contribution < -0.4 is 14.4 Å². The lowest BCUT2D eigenvalue weighted by Gasteiger charge is -2.38. The molecular formula is C23H22N2O7. The maximum atomic E-state index is 13.3. The van der Waals surface area contributed by atoms with Crippen molar-refractivity contribution in [3.05, 3.63) is 63.3 Å². The zero-order chi connectivity index (χ0) is 23.0. The van der Waals surface area contributed by atoms with E-state index in [2.05, 4.69) is 0 Å². The van der Waals surface area contributed by atoms with E-state index in [1.165, 1.54) is 37.3 Å². The van der Waals surface area contributed by atoms with E-state index in [0.29, 0.717) is 41.8 Å². The Kier molecular flexibility index (Phi) is 5.56. The summed E-state index contributed by atoms with van der Waals surface area (Å²) in [6, 6.07) is 9.04. The molecule has 1 aliphatic carbocycles. The van der Waals surface area contributed by atoms with Crippen LogP contribution in [0, 0.1) is 10.1 Å². The van der Waals surface area contributed by atoms with Crippen LogP contribution in [0.4, 0.5) is 11.4 Å². The Bertz CT molecular complexity index is 1160. The molecule has 1 atom stereocenters. The monoisotopic (exact) mass is 438 g/mol. The molecule has 1 N–H and O–H groups in total. The summed E-state index contributed by atoms with van der Waals surface area (Å²) in [4.78, 5) is 38.8.